The number of benzene rings is 3. The van der Waals surface area contributed by atoms with E-state index in [4.69, 9.17) is 0 Å². The molecule has 4 nitrogen and oxygen atoms in total. The molecule has 3 aromatic carbocycles. The summed E-state index contributed by atoms with van der Waals surface area (Å²) in [6, 6.07) is 27.8. The lowest BCUT2D eigenvalue weighted by atomic mass is 9.86. The zero-order chi connectivity index (χ0) is 25.3. The van der Waals surface area contributed by atoms with E-state index >= 15 is 0 Å². The monoisotopic (exact) mass is 470 g/mol. The Balaban J connectivity index is 1.83. The SMILES string of the molecule is CCNC(=O)[C@H](Cc1ccccc1)N(Cc1ccccc1)C(=O)CCc1ccc(C(C)(C)C)cc1. The molecule has 0 saturated heterocycles. The highest BCUT2D eigenvalue weighted by atomic mass is 16.2. The van der Waals surface area contributed by atoms with Crippen LogP contribution < -0.4 is 5.32 Å². The van der Waals surface area contributed by atoms with Gasteiger partial charge in [-0.1, -0.05) is 106 Å². The number of hydrogen-bond acceptors (Lipinski definition) is 2. The Morgan fingerprint density at radius 3 is 1.91 bits per heavy atom. The van der Waals surface area contributed by atoms with Gasteiger partial charge in [0, 0.05) is 25.9 Å². The zero-order valence-electron chi connectivity index (χ0n) is 21.5. The van der Waals surface area contributed by atoms with Crippen LogP contribution in [-0.2, 0) is 34.4 Å². The molecule has 0 radical (unpaired) electrons. The van der Waals surface area contributed by atoms with Crippen LogP contribution in [0.1, 0.15) is 56.4 Å². The maximum Gasteiger partial charge on any atom is 0.243 e. The van der Waals surface area contributed by atoms with Crippen molar-refractivity contribution in [2.75, 3.05) is 6.54 Å². The lowest BCUT2D eigenvalue weighted by Crippen LogP contribution is -2.50. The minimum Gasteiger partial charge on any atom is -0.355 e. The summed E-state index contributed by atoms with van der Waals surface area (Å²) in [5.74, 6) is -0.129. The molecular weight excluding hydrogens is 432 g/mol. The summed E-state index contributed by atoms with van der Waals surface area (Å²) in [7, 11) is 0. The lowest BCUT2D eigenvalue weighted by Gasteiger charge is -2.31. The van der Waals surface area contributed by atoms with E-state index in [9.17, 15) is 9.59 Å². The van der Waals surface area contributed by atoms with Gasteiger partial charge in [0.05, 0.1) is 0 Å². The largest absolute Gasteiger partial charge is 0.355 e. The third kappa shape index (κ3) is 7.81. The van der Waals surface area contributed by atoms with Crippen LogP contribution in [0.4, 0.5) is 0 Å². The predicted molar refractivity (Wildman–Crippen MR) is 143 cm³/mol. The quantitative estimate of drug-likeness (QED) is 0.414. The topological polar surface area (TPSA) is 49.4 Å². The molecule has 4 heteroatoms. The van der Waals surface area contributed by atoms with Crippen molar-refractivity contribution < 1.29 is 9.59 Å². The van der Waals surface area contributed by atoms with E-state index < -0.39 is 6.04 Å². The minimum atomic E-state index is -0.576. The molecule has 0 aromatic heterocycles. The van der Waals surface area contributed by atoms with Gasteiger partial charge in [0.1, 0.15) is 6.04 Å². The van der Waals surface area contributed by atoms with Crippen LogP contribution in [0, 0.1) is 0 Å². The van der Waals surface area contributed by atoms with E-state index in [-0.39, 0.29) is 17.2 Å². The molecule has 3 aromatic rings. The summed E-state index contributed by atoms with van der Waals surface area (Å²) < 4.78 is 0. The summed E-state index contributed by atoms with van der Waals surface area (Å²) in [5, 5.41) is 2.95. The van der Waals surface area contributed by atoms with Crippen molar-refractivity contribution in [2.24, 2.45) is 0 Å². The molecule has 2 amide bonds. The molecule has 1 atom stereocenters. The normalized spacial score (nSPS) is 12.1. The number of aryl methyl sites for hydroxylation is 1. The average Bonchev–Trinajstić information content (AvgIpc) is 2.86. The number of carbonyl (C=O) groups is 2. The maximum absolute atomic E-state index is 13.6. The van der Waals surface area contributed by atoms with Crippen molar-refractivity contribution >= 4 is 11.8 Å². The molecule has 0 heterocycles. The summed E-state index contributed by atoms with van der Waals surface area (Å²) in [4.78, 5) is 28.6. The lowest BCUT2D eigenvalue weighted by molar-refractivity contribution is -0.141. The van der Waals surface area contributed by atoms with Crippen LogP contribution in [0.3, 0.4) is 0 Å². The standard InChI is InChI=1S/C31H38N2O2/c1-5-32-30(35)28(22-25-12-8-6-9-13-25)33(23-26-14-10-7-11-15-26)29(34)21-18-24-16-19-27(20-17-24)31(2,3)4/h6-17,19-20,28H,5,18,21-23H2,1-4H3,(H,32,35)/t28-/m0/s1. The number of hydrogen-bond donors (Lipinski definition) is 1. The van der Waals surface area contributed by atoms with Gasteiger partial charge >= 0.3 is 0 Å². The molecular formula is C31H38N2O2. The summed E-state index contributed by atoms with van der Waals surface area (Å²) in [5.41, 5.74) is 4.55. The Labute approximate surface area is 210 Å². The van der Waals surface area contributed by atoms with Crippen molar-refractivity contribution in [1.29, 1.82) is 0 Å². The number of carbonyl (C=O) groups excluding carboxylic acids is 2. The van der Waals surface area contributed by atoms with Crippen molar-refractivity contribution in [1.82, 2.24) is 10.2 Å². The zero-order valence-corrected chi connectivity index (χ0v) is 21.5. The Bertz CT molecular complexity index is 1070. The van der Waals surface area contributed by atoms with E-state index in [0.717, 1.165) is 16.7 Å². The van der Waals surface area contributed by atoms with Gasteiger partial charge in [0.25, 0.3) is 0 Å². The predicted octanol–water partition coefficient (Wildman–Crippen LogP) is 5.69. The molecule has 0 bridgehead atoms. The Hall–Kier alpha value is -3.40. The molecule has 0 fully saturated rings. The first-order valence-electron chi connectivity index (χ1n) is 12.5. The third-order valence-corrected chi connectivity index (χ3v) is 6.27. The van der Waals surface area contributed by atoms with E-state index in [0.29, 0.717) is 32.4 Å². The smallest absolute Gasteiger partial charge is 0.243 e. The fraction of sp³-hybridized carbons (Fsp3) is 0.355. The van der Waals surface area contributed by atoms with Gasteiger partial charge in [-0.2, -0.15) is 0 Å². The minimum absolute atomic E-state index is 0.0130. The summed E-state index contributed by atoms with van der Waals surface area (Å²) in [6.45, 7) is 9.42. The van der Waals surface area contributed by atoms with Crippen molar-refractivity contribution in [3.05, 3.63) is 107 Å². The van der Waals surface area contributed by atoms with Crippen LogP contribution in [0.25, 0.3) is 0 Å². The summed E-state index contributed by atoms with van der Waals surface area (Å²) in [6.07, 6.45) is 1.47. The number of likely N-dealkylation sites (N-methyl/N-ethyl adjacent to an activating group) is 1. The molecule has 0 unspecified atom stereocenters. The molecule has 0 spiro atoms. The Morgan fingerprint density at radius 1 is 0.800 bits per heavy atom. The third-order valence-electron chi connectivity index (χ3n) is 6.27. The van der Waals surface area contributed by atoms with E-state index in [2.05, 4.69) is 50.4 Å². The fourth-order valence-corrected chi connectivity index (χ4v) is 4.19. The van der Waals surface area contributed by atoms with Gasteiger partial charge in [0.2, 0.25) is 11.8 Å². The Morgan fingerprint density at radius 2 is 1.37 bits per heavy atom. The molecule has 184 valence electrons. The highest BCUT2D eigenvalue weighted by molar-refractivity contribution is 5.88. The van der Waals surface area contributed by atoms with Crippen LogP contribution in [-0.4, -0.2) is 29.3 Å². The maximum atomic E-state index is 13.6. The molecule has 0 aliphatic carbocycles. The van der Waals surface area contributed by atoms with Gasteiger partial charge in [-0.15, -0.1) is 0 Å². The first kappa shape index (κ1) is 26.2. The average molecular weight is 471 g/mol. The van der Waals surface area contributed by atoms with Gasteiger partial charge in [-0.05, 0) is 41.0 Å². The second-order valence-corrected chi connectivity index (χ2v) is 10.1. The van der Waals surface area contributed by atoms with Gasteiger partial charge in [0.15, 0.2) is 0 Å². The first-order valence-corrected chi connectivity index (χ1v) is 12.5. The second-order valence-electron chi connectivity index (χ2n) is 10.1. The van der Waals surface area contributed by atoms with E-state index in [1.54, 1.807) is 4.90 Å². The van der Waals surface area contributed by atoms with Gasteiger partial charge < -0.3 is 10.2 Å². The molecule has 0 aliphatic rings. The van der Waals surface area contributed by atoms with Crippen molar-refractivity contribution in [3.8, 4) is 0 Å². The van der Waals surface area contributed by atoms with Gasteiger partial charge in [-0.3, -0.25) is 9.59 Å². The highest BCUT2D eigenvalue weighted by Crippen LogP contribution is 2.23. The van der Waals surface area contributed by atoms with Crippen LogP contribution in [0.5, 0.6) is 0 Å². The van der Waals surface area contributed by atoms with E-state index in [1.165, 1.54) is 5.56 Å². The fourth-order valence-electron chi connectivity index (χ4n) is 4.19. The molecule has 35 heavy (non-hydrogen) atoms. The number of nitrogens with zero attached hydrogens (tertiary/aromatic N) is 1. The van der Waals surface area contributed by atoms with Crippen LogP contribution >= 0.6 is 0 Å². The van der Waals surface area contributed by atoms with Crippen LogP contribution in [0.2, 0.25) is 0 Å². The number of amides is 2. The first-order chi connectivity index (χ1) is 16.8. The second kappa shape index (κ2) is 12.3. The van der Waals surface area contributed by atoms with Crippen molar-refractivity contribution in [2.45, 2.75) is 65.0 Å². The van der Waals surface area contributed by atoms with E-state index in [1.807, 2.05) is 67.6 Å². The molecule has 3 rings (SSSR count). The number of rotatable bonds is 10. The molecule has 1 N–H and O–H groups in total. The summed E-state index contributed by atoms with van der Waals surface area (Å²) >= 11 is 0. The van der Waals surface area contributed by atoms with Gasteiger partial charge in [-0.25, -0.2) is 0 Å². The molecule has 0 aliphatic heterocycles. The van der Waals surface area contributed by atoms with Crippen LogP contribution in [0.15, 0.2) is 84.9 Å². The van der Waals surface area contributed by atoms with Crippen molar-refractivity contribution in [3.63, 3.8) is 0 Å². The highest BCUT2D eigenvalue weighted by Gasteiger charge is 2.29. The Kier molecular flexibility index (Phi) is 9.25. The molecule has 0 saturated carbocycles. The number of nitrogens with one attached hydrogen (secondary N) is 1.